The number of hydrazine groups is 1. The Balaban J connectivity index is 2.13. The zero-order valence-corrected chi connectivity index (χ0v) is 12.3. The van der Waals surface area contributed by atoms with Gasteiger partial charge in [-0.05, 0) is 62.6 Å². The van der Waals surface area contributed by atoms with Crippen LogP contribution in [-0.2, 0) is 11.2 Å². The van der Waals surface area contributed by atoms with Crippen LogP contribution in [0.15, 0.2) is 12.1 Å². The van der Waals surface area contributed by atoms with Crippen LogP contribution < -0.4 is 11.3 Å². The van der Waals surface area contributed by atoms with E-state index >= 15 is 0 Å². The second-order valence-electron chi connectivity index (χ2n) is 5.80. The molecule has 3 N–H and O–H groups in total. The summed E-state index contributed by atoms with van der Waals surface area (Å²) in [7, 11) is 0. The molecule has 1 heterocycles. The fourth-order valence-corrected chi connectivity index (χ4v) is 3.23. The van der Waals surface area contributed by atoms with Crippen molar-refractivity contribution in [2.45, 2.75) is 46.1 Å². The van der Waals surface area contributed by atoms with Gasteiger partial charge in [-0.15, -0.1) is 0 Å². The minimum absolute atomic E-state index is 0.351. The lowest BCUT2D eigenvalue weighted by Crippen LogP contribution is -2.44. The van der Waals surface area contributed by atoms with Gasteiger partial charge in [0.05, 0.1) is 0 Å². The molecule has 106 valence electrons. The molecule has 3 heteroatoms. The average molecular weight is 262 g/mol. The molecule has 19 heavy (non-hydrogen) atoms. The summed E-state index contributed by atoms with van der Waals surface area (Å²) in [5.41, 5.74) is 8.57. The van der Waals surface area contributed by atoms with Crippen LogP contribution in [0, 0.1) is 26.7 Å². The van der Waals surface area contributed by atoms with Crippen LogP contribution in [0.5, 0.6) is 0 Å². The van der Waals surface area contributed by atoms with E-state index in [1.807, 2.05) is 0 Å². The SMILES string of the molecule is Cc1cc(C)c(CC(NN)C2CCOCC2)c(C)c1. The van der Waals surface area contributed by atoms with Crippen LogP contribution >= 0.6 is 0 Å². The topological polar surface area (TPSA) is 47.3 Å². The van der Waals surface area contributed by atoms with Crippen LogP contribution in [0.2, 0.25) is 0 Å². The number of hydrogen-bond acceptors (Lipinski definition) is 3. The van der Waals surface area contributed by atoms with Crippen molar-refractivity contribution < 1.29 is 4.74 Å². The van der Waals surface area contributed by atoms with Gasteiger partial charge in [-0.2, -0.15) is 0 Å². The molecule has 0 aromatic heterocycles. The van der Waals surface area contributed by atoms with Crippen LogP contribution in [0.1, 0.15) is 35.1 Å². The van der Waals surface area contributed by atoms with Crippen LogP contribution in [0.4, 0.5) is 0 Å². The van der Waals surface area contributed by atoms with Gasteiger partial charge < -0.3 is 4.74 Å². The number of ether oxygens (including phenoxy) is 1. The predicted molar refractivity (Wildman–Crippen MR) is 79.0 cm³/mol. The largest absolute Gasteiger partial charge is 0.381 e. The summed E-state index contributed by atoms with van der Waals surface area (Å²) in [6, 6.07) is 4.88. The van der Waals surface area contributed by atoms with E-state index in [-0.39, 0.29) is 0 Å². The van der Waals surface area contributed by atoms with E-state index in [0.717, 1.165) is 32.5 Å². The second-order valence-corrected chi connectivity index (χ2v) is 5.80. The van der Waals surface area contributed by atoms with Crippen molar-refractivity contribution in [3.8, 4) is 0 Å². The van der Waals surface area contributed by atoms with Crippen LogP contribution in [0.3, 0.4) is 0 Å². The van der Waals surface area contributed by atoms with Crippen molar-refractivity contribution in [3.05, 3.63) is 34.4 Å². The summed E-state index contributed by atoms with van der Waals surface area (Å²) in [6.45, 7) is 8.30. The van der Waals surface area contributed by atoms with Gasteiger partial charge in [-0.3, -0.25) is 11.3 Å². The predicted octanol–water partition coefficient (Wildman–Crippen LogP) is 2.41. The molecule has 0 spiro atoms. The molecule has 0 bridgehead atoms. The van der Waals surface area contributed by atoms with Gasteiger partial charge in [-0.25, -0.2) is 0 Å². The lowest BCUT2D eigenvalue weighted by molar-refractivity contribution is 0.0537. The van der Waals surface area contributed by atoms with Gasteiger partial charge >= 0.3 is 0 Å². The first-order valence-electron chi connectivity index (χ1n) is 7.22. The molecule has 0 radical (unpaired) electrons. The molecule has 0 saturated carbocycles. The number of nitrogens with two attached hydrogens (primary N) is 1. The second kappa shape index (κ2) is 6.51. The molecule has 1 unspecified atom stereocenters. The van der Waals surface area contributed by atoms with Crippen molar-refractivity contribution >= 4 is 0 Å². The summed E-state index contributed by atoms with van der Waals surface area (Å²) in [5.74, 6) is 6.41. The molecule has 1 saturated heterocycles. The molecule has 1 aromatic rings. The summed E-state index contributed by atoms with van der Waals surface area (Å²) >= 11 is 0. The van der Waals surface area contributed by atoms with Crippen molar-refractivity contribution in [1.29, 1.82) is 0 Å². The van der Waals surface area contributed by atoms with E-state index in [0.29, 0.717) is 12.0 Å². The Bertz CT molecular complexity index is 402. The lowest BCUT2D eigenvalue weighted by Gasteiger charge is -2.30. The third-order valence-corrected chi connectivity index (χ3v) is 4.31. The fraction of sp³-hybridized carbons (Fsp3) is 0.625. The minimum atomic E-state index is 0.351. The maximum atomic E-state index is 5.79. The van der Waals surface area contributed by atoms with Crippen molar-refractivity contribution in [2.75, 3.05) is 13.2 Å². The highest BCUT2D eigenvalue weighted by molar-refractivity contribution is 5.38. The third-order valence-electron chi connectivity index (χ3n) is 4.31. The third kappa shape index (κ3) is 3.56. The number of benzene rings is 1. The van der Waals surface area contributed by atoms with Gasteiger partial charge in [0.25, 0.3) is 0 Å². The van der Waals surface area contributed by atoms with Gasteiger partial charge in [0, 0.05) is 19.3 Å². The summed E-state index contributed by atoms with van der Waals surface area (Å²) in [6.07, 6.45) is 3.23. The van der Waals surface area contributed by atoms with Gasteiger partial charge in [0.2, 0.25) is 0 Å². The number of nitrogens with one attached hydrogen (secondary N) is 1. The molecule has 1 aliphatic rings. The summed E-state index contributed by atoms with van der Waals surface area (Å²) in [5, 5.41) is 0. The summed E-state index contributed by atoms with van der Waals surface area (Å²) in [4.78, 5) is 0. The Morgan fingerprint density at radius 1 is 1.21 bits per heavy atom. The van der Waals surface area contributed by atoms with Crippen molar-refractivity contribution in [2.24, 2.45) is 11.8 Å². The maximum Gasteiger partial charge on any atom is 0.0469 e. The van der Waals surface area contributed by atoms with E-state index in [4.69, 9.17) is 10.6 Å². The molecule has 1 atom stereocenters. The first-order valence-corrected chi connectivity index (χ1v) is 7.22. The normalized spacial score (nSPS) is 18.5. The standard InChI is InChI=1S/C16H26N2O/c1-11-8-12(2)15(13(3)9-11)10-16(18-17)14-4-6-19-7-5-14/h8-9,14,16,18H,4-7,10,17H2,1-3H3. The molecular weight excluding hydrogens is 236 g/mol. The first-order chi connectivity index (χ1) is 9.11. The average Bonchev–Trinajstić information content (AvgIpc) is 2.39. The zero-order chi connectivity index (χ0) is 13.8. The molecular formula is C16H26N2O. The van der Waals surface area contributed by atoms with E-state index in [1.54, 1.807) is 0 Å². The minimum Gasteiger partial charge on any atom is -0.381 e. The van der Waals surface area contributed by atoms with Crippen molar-refractivity contribution in [3.63, 3.8) is 0 Å². The first kappa shape index (κ1) is 14.5. The number of aryl methyl sites for hydroxylation is 3. The Kier molecular flexibility index (Phi) is 4.97. The molecule has 3 nitrogen and oxygen atoms in total. The number of rotatable bonds is 4. The Morgan fingerprint density at radius 2 is 1.79 bits per heavy atom. The fourth-order valence-electron chi connectivity index (χ4n) is 3.23. The Labute approximate surface area is 116 Å². The smallest absolute Gasteiger partial charge is 0.0469 e. The van der Waals surface area contributed by atoms with Gasteiger partial charge in [0.1, 0.15) is 0 Å². The maximum absolute atomic E-state index is 5.79. The molecule has 1 aromatic carbocycles. The van der Waals surface area contributed by atoms with Crippen LogP contribution in [0.25, 0.3) is 0 Å². The highest BCUT2D eigenvalue weighted by Gasteiger charge is 2.24. The van der Waals surface area contributed by atoms with E-state index < -0.39 is 0 Å². The van der Waals surface area contributed by atoms with Gasteiger partial charge in [0.15, 0.2) is 0 Å². The van der Waals surface area contributed by atoms with E-state index in [1.165, 1.54) is 22.3 Å². The molecule has 0 aliphatic carbocycles. The highest BCUT2D eigenvalue weighted by atomic mass is 16.5. The number of hydrogen-bond donors (Lipinski definition) is 2. The summed E-state index contributed by atoms with van der Waals surface area (Å²) < 4.78 is 5.44. The highest BCUT2D eigenvalue weighted by Crippen LogP contribution is 2.24. The zero-order valence-electron chi connectivity index (χ0n) is 12.3. The quantitative estimate of drug-likeness (QED) is 0.647. The molecule has 1 fully saturated rings. The van der Waals surface area contributed by atoms with Crippen LogP contribution in [-0.4, -0.2) is 19.3 Å². The van der Waals surface area contributed by atoms with E-state index in [9.17, 15) is 0 Å². The van der Waals surface area contributed by atoms with Gasteiger partial charge in [-0.1, -0.05) is 17.7 Å². The molecule has 1 aliphatic heterocycles. The van der Waals surface area contributed by atoms with E-state index in [2.05, 4.69) is 38.3 Å². The molecule has 0 amide bonds. The monoisotopic (exact) mass is 262 g/mol. The van der Waals surface area contributed by atoms with Crippen molar-refractivity contribution in [1.82, 2.24) is 5.43 Å². The Morgan fingerprint density at radius 3 is 2.32 bits per heavy atom. The molecule has 2 rings (SSSR count). The Hall–Kier alpha value is -0.900. The lowest BCUT2D eigenvalue weighted by atomic mass is 9.85.